The van der Waals surface area contributed by atoms with Gasteiger partial charge in [0.1, 0.15) is 5.75 Å². The van der Waals surface area contributed by atoms with Gasteiger partial charge >= 0.3 is 0 Å². The SMILES string of the molecule is Cc1cnccc1-c1cnc(N(C)C)nc1C1CCCCN1C(=O)COc1ccccc1. The lowest BCUT2D eigenvalue weighted by Gasteiger charge is -2.36. The molecular formula is C25H29N5O2. The number of pyridine rings is 1. The van der Waals surface area contributed by atoms with Crippen molar-refractivity contribution in [3.63, 3.8) is 0 Å². The molecule has 1 saturated heterocycles. The van der Waals surface area contributed by atoms with E-state index in [9.17, 15) is 4.79 Å². The fourth-order valence-corrected chi connectivity index (χ4v) is 4.10. The Morgan fingerprint density at radius 2 is 1.94 bits per heavy atom. The van der Waals surface area contributed by atoms with Gasteiger partial charge in [-0.2, -0.15) is 0 Å². The summed E-state index contributed by atoms with van der Waals surface area (Å²) in [5, 5.41) is 0. The number of likely N-dealkylation sites (tertiary alicyclic amines) is 1. The lowest BCUT2D eigenvalue weighted by molar-refractivity contribution is -0.137. The van der Waals surface area contributed by atoms with Crippen LogP contribution in [0.1, 0.15) is 36.6 Å². The second-order valence-corrected chi connectivity index (χ2v) is 8.25. The molecule has 7 heteroatoms. The molecule has 1 atom stereocenters. The average molecular weight is 432 g/mol. The molecule has 0 spiro atoms. The summed E-state index contributed by atoms with van der Waals surface area (Å²) in [6.45, 7) is 2.73. The number of amides is 1. The van der Waals surface area contributed by atoms with E-state index in [4.69, 9.17) is 9.72 Å². The number of benzene rings is 1. The van der Waals surface area contributed by atoms with Gasteiger partial charge in [0.25, 0.3) is 5.91 Å². The third kappa shape index (κ3) is 4.72. The van der Waals surface area contributed by atoms with Gasteiger partial charge in [-0.3, -0.25) is 9.78 Å². The Morgan fingerprint density at radius 1 is 1.12 bits per heavy atom. The van der Waals surface area contributed by atoms with Crippen molar-refractivity contribution in [2.75, 3.05) is 32.1 Å². The van der Waals surface area contributed by atoms with Gasteiger partial charge in [-0.1, -0.05) is 18.2 Å². The number of ether oxygens (including phenoxy) is 1. The fourth-order valence-electron chi connectivity index (χ4n) is 4.10. The molecule has 1 aliphatic rings. The van der Waals surface area contributed by atoms with Crippen molar-refractivity contribution in [3.8, 4) is 16.9 Å². The smallest absolute Gasteiger partial charge is 0.261 e. The molecule has 7 nitrogen and oxygen atoms in total. The number of carbonyl (C=O) groups excluding carboxylic acids is 1. The van der Waals surface area contributed by atoms with E-state index in [-0.39, 0.29) is 18.6 Å². The van der Waals surface area contributed by atoms with E-state index in [2.05, 4.69) is 9.97 Å². The van der Waals surface area contributed by atoms with E-state index in [1.807, 2.05) is 79.6 Å². The minimum atomic E-state index is -0.125. The highest BCUT2D eigenvalue weighted by Gasteiger charge is 2.32. The van der Waals surface area contributed by atoms with E-state index >= 15 is 0 Å². The van der Waals surface area contributed by atoms with Crippen LogP contribution in [0.4, 0.5) is 5.95 Å². The molecule has 3 aromatic rings. The second kappa shape index (κ2) is 9.77. The average Bonchev–Trinajstić information content (AvgIpc) is 2.83. The highest BCUT2D eigenvalue weighted by molar-refractivity contribution is 5.79. The molecule has 1 amide bonds. The van der Waals surface area contributed by atoms with Crippen LogP contribution in [0, 0.1) is 6.92 Å². The standard InChI is InChI=1S/C25H29N5O2/c1-18-15-26-13-12-20(18)21-16-27-25(29(2)3)28-24(21)22-11-7-8-14-30(22)23(31)17-32-19-9-5-4-6-10-19/h4-6,9-10,12-13,15-16,22H,7-8,11,14,17H2,1-3H3. The number of anilines is 1. The molecular weight excluding hydrogens is 402 g/mol. The molecule has 1 aromatic carbocycles. The Kier molecular flexibility index (Phi) is 6.63. The van der Waals surface area contributed by atoms with Crippen molar-refractivity contribution in [1.29, 1.82) is 0 Å². The van der Waals surface area contributed by atoms with E-state index < -0.39 is 0 Å². The summed E-state index contributed by atoms with van der Waals surface area (Å²) >= 11 is 0. The van der Waals surface area contributed by atoms with Gasteiger partial charge in [0.05, 0.1) is 11.7 Å². The predicted octanol–water partition coefficient (Wildman–Crippen LogP) is 4.05. The van der Waals surface area contributed by atoms with Crippen molar-refractivity contribution in [1.82, 2.24) is 19.9 Å². The van der Waals surface area contributed by atoms with Gasteiger partial charge in [-0.05, 0) is 55.5 Å². The third-order valence-corrected chi connectivity index (χ3v) is 5.76. The van der Waals surface area contributed by atoms with Crippen LogP contribution in [-0.2, 0) is 4.79 Å². The minimum Gasteiger partial charge on any atom is -0.484 e. The van der Waals surface area contributed by atoms with E-state index in [0.717, 1.165) is 41.6 Å². The van der Waals surface area contributed by atoms with Crippen LogP contribution >= 0.6 is 0 Å². The minimum absolute atomic E-state index is 0.00968. The molecule has 0 N–H and O–H groups in total. The Balaban J connectivity index is 1.68. The molecule has 32 heavy (non-hydrogen) atoms. The fraction of sp³-hybridized carbons (Fsp3) is 0.360. The number of rotatable bonds is 6. The summed E-state index contributed by atoms with van der Waals surface area (Å²) in [4.78, 5) is 30.8. The van der Waals surface area contributed by atoms with Crippen molar-refractivity contribution in [2.45, 2.75) is 32.2 Å². The summed E-state index contributed by atoms with van der Waals surface area (Å²) in [5.41, 5.74) is 3.92. The van der Waals surface area contributed by atoms with Crippen LogP contribution < -0.4 is 9.64 Å². The monoisotopic (exact) mass is 431 g/mol. The molecule has 0 aliphatic carbocycles. The molecule has 166 valence electrons. The van der Waals surface area contributed by atoms with Crippen molar-refractivity contribution < 1.29 is 9.53 Å². The van der Waals surface area contributed by atoms with E-state index in [1.165, 1.54) is 0 Å². The topological polar surface area (TPSA) is 71.5 Å². The second-order valence-electron chi connectivity index (χ2n) is 8.25. The Labute approximate surface area is 189 Å². The highest BCUT2D eigenvalue weighted by Crippen LogP contribution is 2.37. The van der Waals surface area contributed by atoms with Crippen molar-refractivity contribution >= 4 is 11.9 Å². The van der Waals surface area contributed by atoms with Crippen molar-refractivity contribution in [3.05, 3.63) is 66.2 Å². The number of hydrogen-bond acceptors (Lipinski definition) is 6. The lowest BCUT2D eigenvalue weighted by Crippen LogP contribution is -2.41. The lowest BCUT2D eigenvalue weighted by atomic mass is 9.93. The Morgan fingerprint density at radius 3 is 2.69 bits per heavy atom. The summed E-state index contributed by atoms with van der Waals surface area (Å²) < 4.78 is 5.76. The quantitative estimate of drug-likeness (QED) is 0.586. The number of aromatic nitrogens is 3. The summed E-state index contributed by atoms with van der Waals surface area (Å²) in [6, 6.07) is 11.3. The number of hydrogen-bond donors (Lipinski definition) is 0. The Bertz CT molecular complexity index is 1070. The number of para-hydroxylation sites is 1. The van der Waals surface area contributed by atoms with Crippen LogP contribution in [0.3, 0.4) is 0 Å². The van der Waals surface area contributed by atoms with Crippen LogP contribution in [-0.4, -0.2) is 53.0 Å². The summed E-state index contributed by atoms with van der Waals surface area (Å²) in [6.07, 6.45) is 8.38. The maximum Gasteiger partial charge on any atom is 0.261 e. The third-order valence-electron chi connectivity index (χ3n) is 5.76. The molecule has 3 heterocycles. The zero-order chi connectivity index (χ0) is 22.5. The molecule has 1 unspecified atom stereocenters. The molecule has 0 bridgehead atoms. The summed E-state index contributed by atoms with van der Waals surface area (Å²) in [5.74, 6) is 1.30. The van der Waals surface area contributed by atoms with Crippen molar-refractivity contribution in [2.24, 2.45) is 0 Å². The van der Waals surface area contributed by atoms with Crippen LogP contribution in [0.25, 0.3) is 11.1 Å². The normalized spacial score (nSPS) is 16.0. The van der Waals surface area contributed by atoms with Gasteiger partial charge < -0.3 is 14.5 Å². The zero-order valence-corrected chi connectivity index (χ0v) is 18.9. The first-order chi connectivity index (χ1) is 15.5. The molecule has 2 aromatic heterocycles. The first-order valence-corrected chi connectivity index (χ1v) is 11.0. The van der Waals surface area contributed by atoms with Crippen LogP contribution in [0.15, 0.2) is 55.0 Å². The maximum absolute atomic E-state index is 13.2. The first kappa shape index (κ1) is 21.7. The maximum atomic E-state index is 13.2. The van der Waals surface area contributed by atoms with Gasteiger partial charge in [-0.25, -0.2) is 9.97 Å². The Hall–Kier alpha value is -3.48. The molecule has 0 saturated carbocycles. The van der Waals surface area contributed by atoms with Crippen LogP contribution in [0.2, 0.25) is 0 Å². The predicted molar refractivity (Wildman–Crippen MR) is 125 cm³/mol. The first-order valence-electron chi connectivity index (χ1n) is 11.0. The largest absolute Gasteiger partial charge is 0.484 e. The number of nitrogens with zero attached hydrogens (tertiary/aromatic N) is 5. The van der Waals surface area contributed by atoms with E-state index in [0.29, 0.717) is 18.2 Å². The summed E-state index contributed by atoms with van der Waals surface area (Å²) in [7, 11) is 3.85. The van der Waals surface area contributed by atoms with Gasteiger partial charge in [0.2, 0.25) is 5.95 Å². The van der Waals surface area contributed by atoms with Crippen LogP contribution in [0.5, 0.6) is 5.75 Å². The molecule has 4 rings (SSSR count). The van der Waals surface area contributed by atoms with Gasteiger partial charge in [0, 0.05) is 44.8 Å². The van der Waals surface area contributed by atoms with E-state index in [1.54, 1.807) is 6.20 Å². The number of carbonyl (C=O) groups is 1. The molecule has 0 radical (unpaired) electrons. The highest BCUT2D eigenvalue weighted by atomic mass is 16.5. The van der Waals surface area contributed by atoms with Gasteiger partial charge in [-0.15, -0.1) is 0 Å². The molecule has 1 fully saturated rings. The van der Waals surface area contributed by atoms with Gasteiger partial charge in [0.15, 0.2) is 6.61 Å². The number of piperidine rings is 1. The number of aryl methyl sites for hydroxylation is 1. The zero-order valence-electron chi connectivity index (χ0n) is 18.9. The molecule has 1 aliphatic heterocycles.